The molecule has 2 atom stereocenters. The number of carbonyl (C=O) groups excluding carboxylic acids is 1. The molecule has 0 unspecified atom stereocenters. The monoisotopic (exact) mass is 450 g/mol. The van der Waals surface area contributed by atoms with Gasteiger partial charge in [0.05, 0.1) is 18.8 Å². The molecule has 1 saturated carbocycles. The lowest BCUT2D eigenvalue weighted by Crippen LogP contribution is -2.68. The minimum atomic E-state index is -2.81. The molecule has 1 aliphatic rings. The molecule has 1 N–H and O–H groups in total. The van der Waals surface area contributed by atoms with E-state index in [0.29, 0.717) is 25.0 Å². The van der Waals surface area contributed by atoms with E-state index in [9.17, 15) is 9.90 Å². The molecular weight excluding hydrogens is 416 g/mol. The predicted octanol–water partition coefficient (Wildman–Crippen LogP) is 4.13. The predicted molar refractivity (Wildman–Crippen MR) is 132 cm³/mol. The Morgan fingerprint density at radius 2 is 1.59 bits per heavy atom. The van der Waals surface area contributed by atoms with Crippen molar-refractivity contribution in [2.24, 2.45) is 0 Å². The average molecular weight is 451 g/mol. The summed E-state index contributed by atoms with van der Waals surface area (Å²) < 4.78 is 12.2. The molecule has 0 radical (unpaired) electrons. The molecular formula is C27H34O4Si. The Kier molecular flexibility index (Phi) is 7.54. The van der Waals surface area contributed by atoms with E-state index in [1.54, 1.807) is 6.92 Å². The standard InChI is InChI=1S/C27H34O4Si/c1-6-30-26(29)19-21-17-24(28)20(2)25(18-21)31-32(27(3,4)5,22-13-9-7-10-14-22)23-15-11-8-12-16-23/h7-16,19,24-25,28H,2,6,17-18H2,1,3-5H3/b21-19+/t24-,25-/m1/s1. The normalized spacial score (nSPS) is 20.9. The lowest BCUT2D eigenvalue weighted by molar-refractivity contribution is -0.137. The van der Waals surface area contributed by atoms with Crippen molar-refractivity contribution in [3.05, 3.63) is 84.5 Å². The number of aliphatic hydroxyl groups excluding tert-OH is 1. The van der Waals surface area contributed by atoms with Gasteiger partial charge in [-0.2, -0.15) is 0 Å². The first-order chi connectivity index (χ1) is 15.2. The molecule has 2 aromatic carbocycles. The van der Waals surface area contributed by atoms with Crippen molar-refractivity contribution < 1.29 is 19.1 Å². The van der Waals surface area contributed by atoms with E-state index in [2.05, 4.69) is 51.6 Å². The highest BCUT2D eigenvalue weighted by Crippen LogP contribution is 2.40. The van der Waals surface area contributed by atoms with Gasteiger partial charge in [-0.05, 0) is 40.8 Å². The van der Waals surface area contributed by atoms with Gasteiger partial charge in [0.1, 0.15) is 0 Å². The first kappa shape index (κ1) is 24.2. The van der Waals surface area contributed by atoms with Gasteiger partial charge >= 0.3 is 5.97 Å². The second-order valence-electron chi connectivity index (χ2n) is 9.32. The number of benzene rings is 2. The molecule has 0 spiro atoms. The highest BCUT2D eigenvalue weighted by molar-refractivity contribution is 6.99. The fourth-order valence-corrected chi connectivity index (χ4v) is 9.21. The summed E-state index contributed by atoms with van der Waals surface area (Å²) >= 11 is 0. The van der Waals surface area contributed by atoms with Crippen molar-refractivity contribution in [2.75, 3.05) is 6.61 Å². The van der Waals surface area contributed by atoms with Crippen LogP contribution in [0, 0.1) is 0 Å². The summed E-state index contributed by atoms with van der Waals surface area (Å²) in [6.07, 6.45) is 1.23. The number of rotatable bonds is 6. The van der Waals surface area contributed by atoms with E-state index >= 15 is 0 Å². The van der Waals surface area contributed by atoms with E-state index < -0.39 is 20.5 Å². The molecule has 0 saturated heterocycles. The van der Waals surface area contributed by atoms with Crippen molar-refractivity contribution in [1.82, 2.24) is 0 Å². The van der Waals surface area contributed by atoms with Gasteiger partial charge in [0.25, 0.3) is 8.32 Å². The smallest absolute Gasteiger partial charge is 0.330 e. The zero-order valence-electron chi connectivity index (χ0n) is 19.5. The van der Waals surface area contributed by atoms with Gasteiger partial charge < -0.3 is 14.3 Å². The lowest BCUT2D eigenvalue weighted by atomic mass is 9.86. The van der Waals surface area contributed by atoms with Gasteiger partial charge in [-0.3, -0.25) is 0 Å². The molecule has 3 rings (SSSR count). The SMILES string of the molecule is C=C1[C@H](O)C/C(=C\C(=O)OCC)C[C@H]1O[Si](c1ccccc1)(c1ccccc1)C(C)(C)C. The number of hydrogen-bond acceptors (Lipinski definition) is 4. The van der Waals surface area contributed by atoms with E-state index in [4.69, 9.17) is 9.16 Å². The van der Waals surface area contributed by atoms with Crippen LogP contribution in [0.15, 0.2) is 84.5 Å². The summed E-state index contributed by atoms with van der Waals surface area (Å²) in [5, 5.41) is 12.9. The molecule has 1 aliphatic carbocycles. The largest absolute Gasteiger partial charge is 0.463 e. The molecule has 4 nitrogen and oxygen atoms in total. The molecule has 0 bridgehead atoms. The van der Waals surface area contributed by atoms with Crippen LogP contribution in [0.2, 0.25) is 5.04 Å². The zero-order chi connectivity index (χ0) is 23.4. The van der Waals surface area contributed by atoms with Crippen molar-refractivity contribution in [1.29, 1.82) is 0 Å². The van der Waals surface area contributed by atoms with Crippen LogP contribution >= 0.6 is 0 Å². The Morgan fingerprint density at radius 1 is 1.06 bits per heavy atom. The maximum atomic E-state index is 12.1. The van der Waals surface area contributed by atoms with Gasteiger partial charge in [-0.25, -0.2) is 4.79 Å². The van der Waals surface area contributed by atoms with Crippen LogP contribution < -0.4 is 10.4 Å². The van der Waals surface area contributed by atoms with Crippen molar-refractivity contribution in [2.45, 2.75) is 57.8 Å². The van der Waals surface area contributed by atoms with Crippen LogP contribution in [0.3, 0.4) is 0 Å². The van der Waals surface area contributed by atoms with Crippen LogP contribution in [-0.4, -0.2) is 38.2 Å². The summed E-state index contributed by atoms with van der Waals surface area (Å²) in [5.74, 6) is -0.383. The summed E-state index contributed by atoms with van der Waals surface area (Å²) in [6, 6.07) is 20.8. The first-order valence-electron chi connectivity index (χ1n) is 11.2. The van der Waals surface area contributed by atoms with Crippen molar-refractivity contribution >= 4 is 24.7 Å². The van der Waals surface area contributed by atoms with E-state index in [0.717, 1.165) is 5.57 Å². The van der Waals surface area contributed by atoms with Gasteiger partial charge in [0.15, 0.2) is 0 Å². The van der Waals surface area contributed by atoms with E-state index in [1.807, 2.05) is 36.4 Å². The third kappa shape index (κ3) is 4.95. The topological polar surface area (TPSA) is 55.8 Å². The van der Waals surface area contributed by atoms with Crippen LogP contribution in [0.5, 0.6) is 0 Å². The summed E-state index contributed by atoms with van der Waals surface area (Å²) in [4.78, 5) is 12.1. The number of ether oxygens (including phenoxy) is 1. The molecule has 2 aromatic rings. The fourth-order valence-electron chi connectivity index (χ4n) is 4.54. The van der Waals surface area contributed by atoms with Crippen LogP contribution in [0.1, 0.15) is 40.5 Å². The van der Waals surface area contributed by atoms with E-state index in [1.165, 1.54) is 16.4 Å². The Hall–Kier alpha value is -2.47. The van der Waals surface area contributed by atoms with Gasteiger partial charge in [-0.15, -0.1) is 0 Å². The number of esters is 1. The van der Waals surface area contributed by atoms with Gasteiger partial charge in [-0.1, -0.05) is 93.6 Å². The molecule has 1 fully saturated rings. The van der Waals surface area contributed by atoms with Crippen LogP contribution in [0.25, 0.3) is 0 Å². The fraction of sp³-hybridized carbons (Fsp3) is 0.370. The van der Waals surface area contributed by atoms with Crippen molar-refractivity contribution in [3.63, 3.8) is 0 Å². The molecule has 170 valence electrons. The van der Waals surface area contributed by atoms with Gasteiger partial charge in [0.2, 0.25) is 0 Å². The molecule has 0 amide bonds. The van der Waals surface area contributed by atoms with E-state index in [-0.39, 0.29) is 11.0 Å². The molecule has 0 heterocycles. The minimum absolute atomic E-state index is 0.191. The highest BCUT2D eigenvalue weighted by Gasteiger charge is 2.52. The average Bonchev–Trinajstić information content (AvgIpc) is 2.75. The third-order valence-electron chi connectivity index (χ3n) is 6.09. The maximum absolute atomic E-state index is 12.1. The Morgan fingerprint density at radius 3 is 2.06 bits per heavy atom. The first-order valence-corrected chi connectivity index (χ1v) is 13.1. The second kappa shape index (κ2) is 9.99. The van der Waals surface area contributed by atoms with Crippen molar-refractivity contribution in [3.8, 4) is 0 Å². The number of hydrogen-bond donors (Lipinski definition) is 1. The molecule has 0 aromatic heterocycles. The quantitative estimate of drug-likeness (QED) is 0.311. The lowest BCUT2D eigenvalue weighted by Gasteiger charge is -2.47. The molecule has 5 heteroatoms. The molecule has 32 heavy (non-hydrogen) atoms. The Balaban J connectivity index is 2.10. The summed E-state index contributed by atoms with van der Waals surface area (Å²) in [5.41, 5.74) is 1.49. The second-order valence-corrected chi connectivity index (χ2v) is 13.6. The minimum Gasteiger partial charge on any atom is -0.463 e. The van der Waals surface area contributed by atoms with Gasteiger partial charge in [0, 0.05) is 6.08 Å². The Labute approximate surface area is 192 Å². The highest BCUT2D eigenvalue weighted by atomic mass is 28.4. The number of carbonyl (C=O) groups is 1. The summed E-state index contributed by atoms with van der Waals surface area (Å²) in [7, 11) is -2.81. The maximum Gasteiger partial charge on any atom is 0.330 e. The Bertz CT molecular complexity index is 921. The van der Waals surface area contributed by atoms with Crippen LogP contribution in [-0.2, 0) is 14.0 Å². The third-order valence-corrected chi connectivity index (χ3v) is 11.1. The zero-order valence-corrected chi connectivity index (χ0v) is 20.5. The summed E-state index contributed by atoms with van der Waals surface area (Å²) in [6.45, 7) is 12.9. The number of aliphatic hydroxyl groups is 1. The molecule has 0 aliphatic heterocycles. The van der Waals surface area contributed by atoms with Crippen LogP contribution in [0.4, 0.5) is 0 Å².